The third-order valence-electron chi connectivity index (χ3n) is 15.7. The van der Waals surface area contributed by atoms with Crippen LogP contribution in [0.1, 0.15) is 0 Å². The van der Waals surface area contributed by atoms with E-state index in [1.807, 2.05) is 0 Å². The fourth-order valence-electron chi connectivity index (χ4n) is 12.6. The van der Waals surface area contributed by atoms with Crippen LogP contribution in [-0.2, 0) is 14.1 Å². The lowest BCUT2D eigenvalue weighted by Gasteiger charge is -2.18. The Hall–Kier alpha value is -8.98. The minimum absolute atomic E-state index is 1.22. The van der Waals surface area contributed by atoms with Gasteiger partial charge in [0.1, 0.15) is 0 Å². The van der Waals surface area contributed by atoms with E-state index >= 15 is 0 Å². The Bertz CT molecular complexity index is 4610. The smallest absolute Gasteiger partial charge is 0.0495 e. The highest BCUT2D eigenvalue weighted by atomic mass is 14.9. The molecule has 0 bridgehead atoms. The van der Waals surface area contributed by atoms with Crippen LogP contribution in [0.5, 0.6) is 0 Å². The second-order valence-electron chi connectivity index (χ2n) is 19.2. The average molecular weight is 889 g/mol. The molecule has 13 aromatic carbocycles. The molecule has 0 unspecified atom stereocenters. The van der Waals surface area contributed by atoms with E-state index in [1.54, 1.807) is 0 Å². The van der Waals surface area contributed by atoms with Crippen LogP contribution in [0, 0.1) is 0 Å². The van der Waals surface area contributed by atoms with Gasteiger partial charge < -0.3 is 9.13 Å². The molecule has 0 amide bonds. The summed E-state index contributed by atoms with van der Waals surface area (Å²) in [6.07, 6.45) is 0. The average Bonchev–Trinajstić information content (AvgIpc) is 3.88. The van der Waals surface area contributed by atoms with Gasteiger partial charge in [0, 0.05) is 57.7 Å². The molecular formula is C68H44N2. The molecule has 0 aliphatic carbocycles. The Morgan fingerprint density at radius 2 is 0.543 bits per heavy atom. The molecule has 326 valence electrons. The highest BCUT2D eigenvalue weighted by molar-refractivity contribution is 6.30. The molecule has 0 N–H and O–H groups in total. The largest absolute Gasteiger partial charge is 0.344 e. The number of benzene rings is 13. The Balaban J connectivity index is 0.915. The molecule has 0 fully saturated rings. The number of rotatable bonds is 4. The number of aromatic nitrogens is 2. The van der Waals surface area contributed by atoms with Crippen LogP contribution in [0.25, 0.3) is 153 Å². The zero-order valence-electron chi connectivity index (χ0n) is 38.8. The maximum absolute atomic E-state index is 2.43. The molecule has 0 spiro atoms. The van der Waals surface area contributed by atoms with E-state index in [4.69, 9.17) is 0 Å². The maximum atomic E-state index is 2.43. The number of fused-ring (bicyclic) bond motifs is 14. The lowest BCUT2D eigenvalue weighted by atomic mass is 9.85. The van der Waals surface area contributed by atoms with Crippen molar-refractivity contribution in [3.8, 4) is 44.5 Å². The highest BCUT2D eigenvalue weighted by Gasteiger charge is 2.22. The van der Waals surface area contributed by atoms with Gasteiger partial charge in [-0.1, -0.05) is 200 Å². The van der Waals surface area contributed by atoms with E-state index in [1.165, 1.54) is 153 Å². The maximum Gasteiger partial charge on any atom is 0.0495 e. The minimum atomic E-state index is 1.22. The Morgan fingerprint density at radius 3 is 0.971 bits per heavy atom. The summed E-state index contributed by atoms with van der Waals surface area (Å²) >= 11 is 0. The van der Waals surface area contributed by atoms with E-state index in [-0.39, 0.29) is 0 Å². The summed E-state index contributed by atoms with van der Waals surface area (Å²) in [5.74, 6) is 0. The minimum Gasteiger partial charge on any atom is -0.344 e. The lowest BCUT2D eigenvalue weighted by molar-refractivity contribution is 1.01. The first kappa shape index (κ1) is 39.1. The Morgan fingerprint density at radius 1 is 0.214 bits per heavy atom. The molecule has 0 saturated heterocycles. The second-order valence-corrected chi connectivity index (χ2v) is 19.2. The fourth-order valence-corrected chi connectivity index (χ4v) is 12.6. The lowest BCUT2D eigenvalue weighted by Crippen LogP contribution is -1.92. The van der Waals surface area contributed by atoms with Crippen LogP contribution in [0.2, 0.25) is 0 Å². The fraction of sp³-hybridized carbons (Fsp3) is 0.0294. The molecule has 0 aliphatic rings. The van der Waals surface area contributed by atoms with Crippen molar-refractivity contribution < 1.29 is 0 Å². The molecule has 0 aliphatic heterocycles. The van der Waals surface area contributed by atoms with Gasteiger partial charge in [0.2, 0.25) is 0 Å². The first-order valence-corrected chi connectivity index (χ1v) is 24.4. The van der Waals surface area contributed by atoms with Crippen LogP contribution >= 0.6 is 0 Å². The van der Waals surface area contributed by atoms with Crippen molar-refractivity contribution in [3.05, 3.63) is 231 Å². The Labute approximate surface area is 404 Å². The standard InChI is InChI=1S/C68H44N2/c1-69-59-36-34-56-55(67(59)57-32-30-45(39-61(57)69)65-49-22-10-8-20-47(49)63(42-17-4-3-5-18-42)48-21-9-11-23-50(48)65)35-37-60-68(56)58-33-31-46(40-62(58)70(60)2)66-53-26-14-12-24-51(53)64(52-25-13-15-27-54(52)66)44-29-28-41-16-6-7-19-43(41)38-44/h3-40H,1-2H3. The van der Waals surface area contributed by atoms with Crippen LogP contribution in [0.4, 0.5) is 0 Å². The van der Waals surface area contributed by atoms with Crippen LogP contribution in [0.3, 0.4) is 0 Å². The third kappa shape index (κ3) is 5.44. The molecule has 0 saturated carbocycles. The van der Waals surface area contributed by atoms with Crippen molar-refractivity contribution >= 4 is 108 Å². The van der Waals surface area contributed by atoms with Crippen molar-refractivity contribution in [2.45, 2.75) is 0 Å². The molecule has 0 atom stereocenters. The highest BCUT2D eigenvalue weighted by Crippen LogP contribution is 2.48. The quantitative estimate of drug-likeness (QED) is 0.156. The molecule has 2 aromatic heterocycles. The van der Waals surface area contributed by atoms with Crippen molar-refractivity contribution in [1.29, 1.82) is 0 Å². The first-order chi connectivity index (χ1) is 34.6. The van der Waals surface area contributed by atoms with Crippen molar-refractivity contribution in [3.63, 3.8) is 0 Å². The number of hydrogen-bond donors (Lipinski definition) is 0. The van der Waals surface area contributed by atoms with E-state index in [0.29, 0.717) is 0 Å². The molecule has 2 nitrogen and oxygen atoms in total. The summed E-state index contributed by atoms with van der Waals surface area (Å²) in [5, 5.41) is 20.4. The molecule has 0 radical (unpaired) electrons. The van der Waals surface area contributed by atoms with E-state index in [9.17, 15) is 0 Å². The van der Waals surface area contributed by atoms with Gasteiger partial charge in [-0.3, -0.25) is 0 Å². The number of aryl methyl sites for hydroxylation is 2. The molecule has 2 heteroatoms. The summed E-state index contributed by atoms with van der Waals surface area (Å²) < 4.78 is 4.80. The van der Waals surface area contributed by atoms with Crippen LogP contribution in [-0.4, -0.2) is 9.13 Å². The van der Waals surface area contributed by atoms with Gasteiger partial charge >= 0.3 is 0 Å². The predicted molar refractivity (Wildman–Crippen MR) is 301 cm³/mol. The van der Waals surface area contributed by atoms with Crippen molar-refractivity contribution in [2.24, 2.45) is 14.1 Å². The van der Waals surface area contributed by atoms with Crippen LogP contribution < -0.4 is 0 Å². The SMILES string of the molecule is Cn1c2cc(-c3c4ccccc4c(-c4ccccc4)c4ccccc34)ccc2c2c3ccc4c(c3ccc21)c1ccc(-c2c3ccccc3c(-c3ccc5ccccc5c3)c3ccccc23)cc1n4C. The zero-order chi connectivity index (χ0) is 46.2. The first-order valence-electron chi connectivity index (χ1n) is 24.4. The summed E-state index contributed by atoms with van der Waals surface area (Å²) in [6.45, 7) is 0. The van der Waals surface area contributed by atoms with Gasteiger partial charge in [0.15, 0.2) is 0 Å². The molecule has 15 aromatic rings. The Kier molecular flexibility index (Phi) is 8.24. The normalized spacial score (nSPS) is 12.1. The summed E-state index contributed by atoms with van der Waals surface area (Å²) in [5.41, 5.74) is 15.0. The molecule has 15 rings (SSSR count). The van der Waals surface area contributed by atoms with Gasteiger partial charge in [-0.25, -0.2) is 0 Å². The monoisotopic (exact) mass is 888 g/mol. The van der Waals surface area contributed by atoms with E-state index in [0.717, 1.165) is 0 Å². The van der Waals surface area contributed by atoms with Gasteiger partial charge in [-0.05, 0) is 139 Å². The van der Waals surface area contributed by atoms with E-state index in [2.05, 4.69) is 254 Å². The molecule has 70 heavy (non-hydrogen) atoms. The number of hydrogen-bond acceptors (Lipinski definition) is 0. The summed E-state index contributed by atoms with van der Waals surface area (Å²) in [7, 11) is 4.46. The van der Waals surface area contributed by atoms with Crippen molar-refractivity contribution in [1.82, 2.24) is 9.13 Å². The van der Waals surface area contributed by atoms with Gasteiger partial charge in [-0.2, -0.15) is 0 Å². The number of nitrogens with zero attached hydrogens (tertiary/aromatic N) is 2. The van der Waals surface area contributed by atoms with E-state index < -0.39 is 0 Å². The van der Waals surface area contributed by atoms with Crippen molar-refractivity contribution in [2.75, 3.05) is 0 Å². The predicted octanol–water partition coefficient (Wildman–Crippen LogP) is 18.6. The molecular weight excluding hydrogens is 845 g/mol. The zero-order valence-corrected chi connectivity index (χ0v) is 38.8. The van der Waals surface area contributed by atoms with Crippen LogP contribution in [0.15, 0.2) is 231 Å². The molecule has 2 heterocycles. The topological polar surface area (TPSA) is 9.86 Å². The third-order valence-corrected chi connectivity index (χ3v) is 15.7. The van der Waals surface area contributed by atoms with Gasteiger partial charge in [-0.15, -0.1) is 0 Å². The second kappa shape index (κ2) is 14.8. The van der Waals surface area contributed by atoms with Gasteiger partial charge in [0.25, 0.3) is 0 Å². The summed E-state index contributed by atoms with van der Waals surface area (Å²) in [4.78, 5) is 0. The summed E-state index contributed by atoms with van der Waals surface area (Å²) in [6, 6.07) is 86.0. The van der Waals surface area contributed by atoms with Gasteiger partial charge in [0.05, 0.1) is 0 Å².